The lowest BCUT2D eigenvalue weighted by Crippen LogP contribution is -2.28. The maximum Gasteiger partial charge on any atom is 0.472 e. The van der Waals surface area contributed by atoms with Gasteiger partial charge < -0.3 is 30.3 Å². The van der Waals surface area contributed by atoms with Crippen molar-refractivity contribution in [1.29, 1.82) is 0 Å². The molecule has 0 spiro atoms. The van der Waals surface area contributed by atoms with Gasteiger partial charge in [-0.05, 0) is 63.9 Å². The van der Waals surface area contributed by atoms with Gasteiger partial charge in [0.05, 0.1) is 31.7 Å². The van der Waals surface area contributed by atoms with Gasteiger partial charge in [-0.3, -0.25) is 13.8 Å². The molecule has 0 amide bonds. The molecule has 0 aromatic heterocycles. The molecular weight excluding hydrogens is 681 g/mol. The average Bonchev–Trinajstić information content (AvgIpc) is 3.13. The number of phosphoric acid groups is 1. The summed E-state index contributed by atoms with van der Waals surface area (Å²) in [5.41, 5.74) is 5.33. The Morgan fingerprint density at radius 2 is 1.25 bits per heavy atom. The maximum atomic E-state index is 12.6. The van der Waals surface area contributed by atoms with Gasteiger partial charge in [0.1, 0.15) is 6.61 Å². The largest absolute Gasteiger partial charge is 0.498 e. The van der Waals surface area contributed by atoms with E-state index in [2.05, 4.69) is 50.3 Å². The van der Waals surface area contributed by atoms with Crippen molar-refractivity contribution in [2.24, 2.45) is 5.73 Å². The number of allylic oxidation sites excluding steroid dienone is 8. The number of hydrogen-bond acceptors (Lipinski definition) is 9. The van der Waals surface area contributed by atoms with Crippen molar-refractivity contribution >= 4 is 13.8 Å². The maximum absolute atomic E-state index is 12.6. The van der Waals surface area contributed by atoms with Crippen LogP contribution in [0.25, 0.3) is 0 Å². The molecule has 1 unspecified atom stereocenters. The Morgan fingerprint density at radius 3 is 1.83 bits per heavy atom. The van der Waals surface area contributed by atoms with E-state index in [0.29, 0.717) is 6.42 Å². The van der Waals surface area contributed by atoms with Gasteiger partial charge in [-0.2, -0.15) is 0 Å². The molecule has 0 fully saturated rings. The number of aliphatic hydroxyl groups excluding tert-OH is 2. The molecule has 0 bridgehead atoms. The van der Waals surface area contributed by atoms with Crippen LogP contribution in [0.4, 0.5) is 0 Å². The van der Waals surface area contributed by atoms with E-state index in [0.717, 1.165) is 38.5 Å². The van der Waals surface area contributed by atoms with Gasteiger partial charge >= 0.3 is 13.8 Å². The van der Waals surface area contributed by atoms with E-state index in [9.17, 15) is 24.5 Å². The first-order valence-corrected chi connectivity index (χ1v) is 21.5. The highest BCUT2D eigenvalue weighted by atomic mass is 31.2. The Kier molecular flexibility index (Phi) is 35.8. The molecule has 52 heavy (non-hydrogen) atoms. The minimum atomic E-state index is -4.37. The van der Waals surface area contributed by atoms with E-state index < -0.39 is 38.7 Å². The third-order valence-corrected chi connectivity index (χ3v) is 9.20. The number of carbonyl (C=O) groups is 1. The number of aliphatic hydroxyl groups is 2. The summed E-state index contributed by atoms with van der Waals surface area (Å²) in [6.07, 6.45) is 37.8. The van der Waals surface area contributed by atoms with Crippen molar-refractivity contribution in [3.8, 4) is 0 Å². The van der Waals surface area contributed by atoms with Gasteiger partial charge in [0, 0.05) is 13.0 Å². The van der Waals surface area contributed by atoms with Crippen LogP contribution in [0.3, 0.4) is 0 Å². The van der Waals surface area contributed by atoms with Gasteiger partial charge in [-0.15, -0.1) is 0 Å². The number of nitrogens with two attached hydrogens (primary N) is 1. The van der Waals surface area contributed by atoms with Crippen LogP contribution in [-0.2, 0) is 27.9 Å². The van der Waals surface area contributed by atoms with E-state index in [1.807, 2.05) is 18.2 Å². The number of phosphoric ester groups is 1. The number of unbranched alkanes of at least 4 members (excludes halogenated alkanes) is 12. The third-order valence-electron chi connectivity index (χ3n) is 8.21. The molecule has 11 heteroatoms. The predicted molar refractivity (Wildman–Crippen MR) is 213 cm³/mol. The number of esters is 1. The second-order valence-electron chi connectivity index (χ2n) is 13.1. The molecule has 0 aliphatic carbocycles. The lowest BCUT2D eigenvalue weighted by Gasteiger charge is -2.20. The standard InChI is InChI=1S/C41H74NO9P/c1-3-5-7-9-11-13-15-17-18-20-22-24-26-28-34-48-36-38(37-50-52(46,47)49-35-33-42)51-41(45)32-29-31-40(44)39(43)30-27-25-23-21-19-16-14-12-10-8-6-4-2/h6,8,12,14,19,21,25,27-28,34,38-40,43-44H,3-5,7,9-11,13,15-18,20,22-24,26,29-33,35-37,42H2,1-2H3,(H,46,47)/b8-6-,14-12-,21-19-,27-25-,34-28+/t38-,39-,40-/m1/s1. The second-order valence-corrected chi connectivity index (χ2v) is 14.6. The van der Waals surface area contributed by atoms with Crippen LogP contribution >= 0.6 is 7.82 Å². The normalized spacial score (nSPS) is 15.3. The first-order chi connectivity index (χ1) is 25.3. The van der Waals surface area contributed by atoms with Crippen LogP contribution in [0.5, 0.6) is 0 Å². The molecule has 0 rings (SSSR count). The van der Waals surface area contributed by atoms with Crippen LogP contribution in [0.1, 0.15) is 149 Å². The summed E-state index contributed by atoms with van der Waals surface area (Å²) in [6.45, 7) is 3.76. The smallest absolute Gasteiger partial charge is 0.472 e. The average molecular weight is 756 g/mol. The summed E-state index contributed by atoms with van der Waals surface area (Å²) in [5.74, 6) is -0.575. The lowest BCUT2D eigenvalue weighted by atomic mass is 10.0. The summed E-state index contributed by atoms with van der Waals surface area (Å²) in [6, 6.07) is 0. The summed E-state index contributed by atoms with van der Waals surface area (Å²) < 4.78 is 32.9. The summed E-state index contributed by atoms with van der Waals surface area (Å²) in [7, 11) is -4.37. The predicted octanol–water partition coefficient (Wildman–Crippen LogP) is 9.70. The highest BCUT2D eigenvalue weighted by Gasteiger charge is 2.25. The van der Waals surface area contributed by atoms with E-state index in [4.69, 9.17) is 24.3 Å². The number of hydrogen-bond donors (Lipinski definition) is 4. The number of carbonyl (C=O) groups excluding carboxylic acids is 1. The molecule has 5 N–H and O–H groups in total. The van der Waals surface area contributed by atoms with Crippen molar-refractivity contribution in [3.05, 3.63) is 60.9 Å². The highest BCUT2D eigenvalue weighted by molar-refractivity contribution is 7.47. The van der Waals surface area contributed by atoms with Crippen molar-refractivity contribution < 1.29 is 43.0 Å². The quantitative estimate of drug-likeness (QED) is 0.0158. The van der Waals surface area contributed by atoms with Crippen LogP contribution in [0, 0.1) is 0 Å². The Balaban J connectivity index is 4.41. The van der Waals surface area contributed by atoms with E-state index >= 15 is 0 Å². The molecule has 0 aromatic rings. The molecule has 0 aromatic carbocycles. The van der Waals surface area contributed by atoms with Crippen molar-refractivity contribution in [3.63, 3.8) is 0 Å². The number of rotatable bonds is 37. The van der Waals surface area contributed by atoms with Crippen LogP contribution in [-0.4, -0.2) is 65.8 Å². The van der Waals surface area contributed by atoms with Gasteiger partial charge in [0.25, 0.3) is 0 Å². The Labute approximate surface area is 316 Å². The zero-order valence-corrected chi connectivity index (χ0v) is 33.4. The highest BCUT2D eigenvalue weighted by Crippen LogP contribution is 2.43. The Bertz CT molecular complexity index is 1010. The SMILES string of the molecule is CC/C=C\C/C=C\C/C=C\C/C=C\C[C@@H](O)[C@H](O)CCCC(=O)O[C@H](CO/C=C/CCCCCCCCCCCCCC)COP(=O)(O)OCCN. The van der Waals surface area contributed by atoms with Crippen molar-refractivity contribution in [1.82, 2.24) is 0 Å². The molecule has 0 radical (unpaired) electrons. The van der Waals surface area contributed by atoms with Gasteiger partial charge in [0.2, 0.25) is 0 Å². The van der Waals surface area contributed by atoms with Crippen molar-refractivity contribution in [2.75, 3.05) is 26.4 Å². The lowest BCUT2D eigenvalue weighted by molar-refractivity contribution is -0.153. The summed E-state index contributed by atoms with van der Waals surface area (Å²) in [4.78, 5) is 22.4. The van der Waals surface area contributed by atoms with Crippen molar-refractivity contribution in [2.45, 2.75) is 167 Å². The monoisotopic (exact) mass is 756 g/mol. The molecular formula is C41H74NO9P. The second kappa shape index (κ2) is 37.3. The molecule has 10 nitrogen and oxygen atoms in total. The Hall–Kier alpha value is -2.04. The zero-order valence-electron chi connectivity index (χ0n) is 32.5. The fraction of sp³-hybridized carbons (Fsp3) is 0.732. The summed E-state index contributed by atoms with van der Waals surface area (Å²) >= 11 is 0. The van der Waals surface area contributed by atoms with Crippen LogP contribution in [0.2, 0.25) is 0 Å². The minimum Gasteiger partial charge on any atom is -0.498 e. The third kappa shape index (κ3) is 35.0. The van der Waals surface area contributed by atoms with Crippen LogP contribution < -0.4 is 5.73 Å². The zero-order chi connectivity index (χ0) is 38.4. The first-order valence-electron chi connectivity index (χ1n) is 20.0. The van der Waals surface area contributed by atoms with Gasteiger partial charge in [-0.1, -0.05) is 133 Å². The molecule has 0 aliphatic rings. The molecule has 0 saturated carbocycles. The Morgan fingerprint density at radius 1 is 0.692 bits per heavy atom. The van der Waals surface area contributed by atoms with E-state index in [-0.39, 0.29) is 39.0 Å². The molecule has 0 saturated heterocycles. The van der Waals surface area contributed by atoms with Gasteiger partial charge in [-0.25, -0.2) is 4.57 Å². The molecule has 0 heterocycles. The molecule has 4 atom stereocenters. The van der Waals surface area contributed by atoms with E-state index in [1.54, 1.807) is 6.26 Å². The minimum absolute atomic E-state index is 0.0144. The topological polar surface area (TPSA) is 158 Å². The fourth-order valence-corrected chi connectivity index (χ4v) is 5.93. The van der Waals surface area contributed by atoms with E-state index in [1.165, 1.54) is 70.6 Å². The first kappa shape index (κ1) is 50.0. The van der Waals surface area contributed by atoms with Gasteiger partial charge in [0.15, 0.2) is 6.10 Å². The van der Waals surface area contributed by atoms with Crippen LogP contribution in [0.15, 0.2) is 60.9 Å². The molecule has 0 aliphatic heterocycles. The summed E-state index contributed by atoms with van der Waals surface area (Å²) in [5, 5.41) is 20.7. The number of ether oxygens (including phenoxy) is 2. The molecule has 302 valence electrons. The fourth-order valence-electron chi connectivity index (χ4n) is 5.17.